The van der Waals surface area contributed by atoms with Gasteiger partial charge in [-0.1, -0.05) is 37.5 Å². The van der Waals surface area contributed by atoms with Gasteiger partial charge in [-0.25, -0.2) is 4.79 Å². The summed E-state index contributed by atoms with van der Waals surface area (Å²) in [6, 6.07) is 7.26. The predicted octanol–water partition coefficient (Wildman–Crippen LogP) is 2.34. The molecule has 25 heavy (non-hydrogen) atoms. The van der Waals surface area contributed by atoms with Crippen LogP contribution in [0.5, 0.6) is 0 Å². The van der Waals surface area contributed by atoms with E-state index in [0.29, 0.717) is 0 Å². The van der Waals surface area contributed by atoms with Crippen LogP contribution >= 0.6 is 0 Å². The average Bonchev–Trinajstić information content (AvgIpc) is 3.02. The molecule has 0 spiro atoms. The van der Waals surface area contributed by atoms with Crippen LogP contribution in [0, 0.1) is 0 Å². The molecular weight excluding hydrogens is 318 g/mol. The van der Waals surface area contributed by atoms with E-state index in [9.17, 15) is 14.4 Å². The Morgan fingerprint density at radius 2 is 1.80 bits per heavy atom. The zero-order valence-electron chi connectivity index (χ0n) is 14.0. The summed E-state index contributed by atoms with van der Waals surface area (Å²) in [5.74, 6) is -1.07. The number of imide groups is 2. The van der Waals surface area contributed by atoms with E-state index in [-0.39, 0.29) is 11.6 Å². The van der Waals surface area contributed by atoms with Crippen molar-refractivity contribution in [3.63, 3.8) is 0 Å². The number of hydrogen-bond donors (Lipinski definition) is 1. The molecule has 1 aromatic rings. The molecule has 0 atom stereocenters. The van der Waals surface area contributed by atoms with Crippen LogP contribution in [0.1, 0.15) is 37.7 Å². The summed E-state index contributed by atoms with van der Waals surface area (Å²) in [7, 11) is 0. The standard InChI is InChI=1S/C19H21N3O3/c23-17-15(12-21-11-10-13-6-4-5-9-16(13)21)18(24)22(19(25)20-17)14-7-2-1-3-8-14/h4-6,9,12,14H,1-3,7-8,10-11H2,(H,20,23,25). The molecule has 0 bridgehead atoms. The Hall–Kier alpha value is -2.63. The molecule has 0 radical (unpaired) electrons. The van der Waals surface area contributed by atoms with E-state index < -0.39 is 17.8 Å². The number of para-hydroxylation sites is 1. The minimum absolute atomic E-state index is 0.0434. The van der Waals surface area contributed by atoms with Crippen molar-refractivity contribution in [1.82, 2.24) is 10.2 Å². The molecule has 2 aliphatic heterocycles. The molecule has 130 valence electrons. The van der Waals surface area contributed by atoms with Crippen LogP contribution < -0.4 is 10.2 Å². The monoisotopic (exact) mass is 339 g/mol. The first kappa shape index (κ1) is 15.9. The van der Waals surface area contributed by atoms with Gasteiger partial charge in [0, 0.05) is 24.5 Å². The minimum atomic E-state index is -0.605. The van der Waals surface area contributed by atoms with Crippen LogP contribution in [0.25, 0.3) is 0 Å². The number of benzene rings is 1. The maximum atomic E-state index is 12.9. The molecular formula is C19H21N3O3. The van der Waals surface area contributed by atoms with Crippen molar-refractivity contribution in [1.29, 1.82) is 0 Å². The quantitative estimate of drug-likeness (QED) is 0.663. The fourth-order valence-electron chi connectivity index (χ4n) is 3.98. The SMILES string of the molecule is O=C1NC(=O)N(C2CCCCC2)C(=O)C1=CN1CCc2ccccc21. The number of anilines is 1. The van der Waals surface area contributed by atoms with Gasteiger partial charge in [-0.2, -0.15) is 0 Å². The smallest absolute Gasteiger partial charge is 0.331 e. The van der Waals surface area contributed by atoms with Gasteiger partial charge in [0.1, 0.15) is 5.57 Å². The third-order valence-corrected chi connectivity index (χ3v) is 5.28. The maximum Gasteiger partial charge on any atom is 0.331 e. The second-order valence-corrected chi connectivity index (χ2v) is 6.84. The van der Waals surface area contributed by atoms with Gasteiger partial charge in [0.15, 0.2) is 0 Å². The van der Waals surface area contributed by atoms with Crippen LogP contribution in [-0.2, 0) is 16.0 Å². The maximum absolute atomic E-state index is 12.9. The van der Waals surface area contributed by atoms with Gasteiger partial charge in [-0.3, -0.25) is 19.8 Å². The van der Waals surface area contributed by atoms with E-state index >= 15 is 0 Å². The van der Waals surface area contributed by atoms with Crippen molar-refractivity contribution in [3.05, 3.63) is 41.6 Å². The highest BCUT2D eigenvalue weighted by atomic mass is 16.2. The Labute approximate surface area is 146 Å². The lowest BCUT2D eigenvalue weighted by Gasteiger charge is -2.35. The molecule has 6 nitrogen and oxygen atoms in total. The molecule has 4 amide bonds. The van der Waals surface area contributed by atoms with E-state index in [1.165, 1.54) is 10.5 Å². The summed E-state index contributed by atoms with van der Waals surface area (Å²) < 4.78 is 0. The molecule has 3 aliphatic rings. The number of hydrogen-bond acceptors (Lipinski definition) is 4. The fraction of sp³-hybridized carbons (Fsp3) is 0.421. The van der Waals surface area contributed by atoms with Crippen molar-refractivity contribution in [3.8, 4) is 0 Å². The van der Waals surface area contributed by atoms with E-state index in [1.807, 2.05) is 23.1 Å². The average molecular weight is 339 g/mol. The number of urea groups is 1. The van der Waals surface area contributed by atoms with E-state index in [2.05, 4.69) is 11.4 Å². The van der Waals surface area contributed by atoms with Gasteiger partial charge in [0.25, 0.3) is 11.8 Å². The van der Waals surface area contributed by atoms with E-state index in [0.717, 1.165) is 50.8 Å². The van der Waals surface area contributed by atoms with E-state index in [4.69, 9.17) is 0 Å². The summed E-state index contributed by atoms with van der Waals surface area (Å²) in [6.07, 6.45) is 7.25. The fourth-order valence-corrected chi connectivity index (χ4v) is 3.98. The Bertz CT molecular complexity index is 765. The number of amides is 4. The highest BCUT2D eigenvalue weighted by Gasteiger charge is 2.40. The lowest BCUT2D eigenvalue weighted by atomic mass is 9.93. The first-order valence-corrected chi connectivity index (χ1v) is 8.90. The van der Waals surface area contributed by atoms with Crippen LogP contribution in [0.15, 0.2) is 36.0 Å². The predicted molar refractivity (Wildman–Crippen MR) is 92.8 cm³/mol. The molecule has 1 saturated carbocycles. The molecule has 1 aromatic carbocycles. The van der Waals surface area contributed by atoms with Crippen LogP contribution in [0.4, 0.5) is 10.5 Å². The van der Waals surface area contributed by atoms with Crippen molar-refractivity contribution in [2.45, 2.75) is 44.6 Å². The number of rotatable bonds is 2. The Kier molecular flexibility index (Phi) is 4.03. The van der Waals surface area contributed by atoms with Crippen molar-refractivity contribution in [2.75, 3.05) is 11.4 Å². The first-order valence-electron chi connectivity index (χ1n) is 8.90. The van der Waals surface area contributed by atoms with Crippen molar-refractivity contribution < 1.29 is 14.4 Å². The number of nitrogens with one attached hydrogen (secondary N) is 1. The zero-order valence-corrected chi connectivity index (χ0v) is 14.0. The number of carbonyl (C=O) groups excluding carboxylic acids is 3. The summed E-state index contributed by atoms with van der Waals surface area (Å²) in [4.78, 5) is 40.6. The van der Waals surface area contributed by atoms with Gasteiger partial charge >= 0.3 is 6.03 Å². The molecule has 6 heteroatoms. The summed E-state index contributed by atoms with van der Waals surface area (Å²) in [5.41, 5.74) is 2.25. The van der Waals surface area contributed by atoms with Gasteiger partial charge in [0.05, 0.1) is 0 Å². The minimum Gasteiger partial charge on any atom is -0.346 e. The molecule has 2 fully saturated rings. The lowest BCUT2D eigenvalue weighted by Crippen LogP contribution is -2.58. The van der Waals surface area contributed by atoms with Gasteiger partial charge < -0.3 is 4.90 Å². The highest BCUT2D eigenvalue weighted by molar-refractivity contribution is 6.29. The van der Waals surface area contributed by atoms with Crippen LogP contribution in [0.3, 0.4) is 0 Å². The largest absolute Gasteiger partial charge is 0.346 e. The van der Waals surface area contributed by atoms with E-state index in [1.54, 1.807) is 6.20 Å². The third kappa shape index (κ3) is 2.81. The lowest BCUT2D eigenvalue weighted by molar-refractivity contribution is -0.132. The topological polar surface area (TPSA) is 69.7 Å². The van der Waals surface area contributed by atoms with Gasteiger partial charge in [-0.05, 0) is 30.9 Å². The number of carbonyl (C=O) groups is 3. The van der Waals surface area contributed by atoms with Crippen molar-refractivity contribution >= 4 is 23.5 Å². The third-order valence-electron chi connectivity index (χ3n) is 5.28. The second-order valence-electron chi connectivity index (χ2n) is 6.84. The molecule has 0 unspecified atom stereocenters. The second kappa shape index (κ2) is 6.35. The molecule has 1 N–H and O–H groups in total. The Morgan fingerprint density at radius 1 is 1.04 bits per heavy atom. The summed E-state index contributed by atoms with van der Waals surface area (Å²) in [6.45, 7) is 0.723. The molecule has 2 heterocycles. The number of barbiturate groups is 1. The first-order chi connectivity index (χ1) is 12.1. The zero-order chi connectivity index (χ0) is 17.4. The molecule has 4 rings (SSSR count). The normalized spacial score (nSPS) is 23.2. The van der Waals surface area contributed by atoms with Crippen LogP contribution in [0.2, 0.25) is 0 Å². The number of nitrogens with zero attached hydrogens (tertiary/aromatic N) is 2. The highest BCUT2D eigenvalue weighted by Crippen LogP contribution is 2.30. The van der Waals surface area contributed by atoms with Crippen molar-refractivity contribution in [2.24, 2.45) is 0 Å². The molecule has 1 saturated heterocycles. The van der Waals surface area contributed by atoms with Gasteiger partial charge in [0.2, 0.25) is 0 Å². The van der Waals surface area contributed by atoms with Gasteiger partial charge in [-0.15, -0.1) is 0 Å². The number of fused-ring (bicyclic) bond motifs is 1. The molecule has 0 aromatic heterocycles. The summed E-state index contributed by atoms with van der Waals surface area (Å²) in [5, 5.41) is 2.34. The van der Waals surface area contributed by atoms with Crippen LogP contribution in [-0.4, -0.2) is 35.3 Å². The molecule has 1 aliphatic carbocycles. The Morgan fingerprint density at radius 3 is 2.60 bits per heavy atom. The Balaban J connectivity index is 1.63. The summed E-state index contributed by atoms with van der Waals surface area (Å²) >= 11 is 0.